The molecular weight excluding hydrogens is 275 g/mol. The lowest BCUT2D eigenvalue weighted by atomic mass is 10.1. The number of hydrogen-bond donors (Lipinski definition) is 3. The minimum atomic E-state index is -0.682. The molecule has 1 heterocycles. The molecule has 7 heteroatoms. The number of halogens is 1. The fourth-order valence-electron chi connectivity index (χ4n) is 1.84. The molecule has 1 aromatic heterocycles. The highest BCUT2D eigenvalue weighted by Gasteiger charge is 2.16. The van der Waals surface area contributed by atoms with Crippen LogP contribution in [0.5, 0.6) is 0 Å². The second kappa shape index (κ2) is 6.19. The van der Waals surface area contributed by atoms with Crippen LogP contribution in [0, 0.1) is 5.82 Å². The summed E-state index contributed by atoms with van der Waals surface area (Å²) in [5.41, 5.74) is 8.33. The van der Waals surface area contributed by atoms with E-state index in [1.165, 1.54) is 18.3 Å². The summed E-state index contributed by atoms with van der Waals surface area (Å²) in [4.78, 5) is 15.9. The van der Waals surface area contributed by atoms with Gasteiger partial charge in [0.25, 0.3) is 0 Å². The molecule has 0 aliphatic rings. The van der Waals surface area contributed by atoms with Crippen molar-refractivity contribution in [1.29, 1.82) is 0 Å². The molecule has 110 valence electrons. The van der Waals surface area contributed by atoms with Gasteiger partial charge >= 0.3 is 5.97 Å². The Morgan fingerprint density at radius 3 is 2.81 bits per heavy atom. The smallest absolute Gasteiger partial charge is 0.357 e. The number of esters is 1. The molecule has 0 amide bonds. The molecule has 2 aromatic rings. The molecule has 0 radical (unpaired) electrons. The van der Waals surface area contributed by atoms with Crippen LogP contribution >= 0.6 is 0 Å². The number of hydrazine groups is 1. The van der Waals surface area contributed by atoms with Gasteiger partial charge in [-0.1, -0.05) is 0 Å². The second-order valence-corrected chi connectivity index (χ2v) is 4.21. The second-order valence-electron chi connectivity index (χ2n) is 4.21. The Labute approximate surface area is 120 Å². The lowest BCUT2D eigenvalue weighted by molar-refractivity contribution is -0.138. The molecule has 5 N–H and O–H groups in total. The summed E-state index contributed by atoms with van der Waals surface area (Å²) < 4.78 is 18.1. The van der Waals surface area contributed by atoms with E-state index >= 15 is 0 Å². The quantitative estimate of drug-likeness (QED) is 0.336. The number of nitrogens with zero attached hydrogens (tertiary/aromatic N) is 1. The number of carbonyl (C=O) groups excluding carboxylic acids is 1. The van der Waals surface area contributed by atoms with E-state index in [1.807, 2.05) is 0 Å². The van der Waals surface area contributed by atoms with E-state index < -0.39 is 5.97 Å². The largest absolute Gasteiger partial charge is 0.461 e. The molecule has 0 saturated heterocycles. The van der Waals surface area contributed by atoms with E-state index in [-0.39, 0.29) is 23.8 Å². The van der Waals surface area contributed by atoms with E-state index in [0.29, 0.717) is 11.1 Å². The maximum atomic E-state index is 13.3. The third-order valence-electron chi connectivity index (χ3n) is 2.85. The number of pyridine rings is 1. The third-order valence-corrected chi connectivity index (χ3v) is 2.85. The zero-order valence-electron chi connectivity index (χ0n) is 11.4. The van der Waals surface area contributed by atoms with Crippen molar-refractivity contribution in [2.45, 2.75) is 6.92 Å². The van der Waals surface area contributed by atoms with Crippen LogP contribution in [-0.2, 0) is 9.53 Å². The SMILES string of the molecule is CCOC(=O)/C(NN)=C(/N)c1cc2cc(F)ccc2cn1. The first-order chi connectivity index (χ1) is 10.1. The maximum Gasteiger partial charge on any atom is 0.357 e. The number of carbonyl (C=O) groups is 1. The first kappa shape index (κ1) is 14.7. The lowest BCUT2D eigenvalue weighted by Crippen LogP contribution is -2.31. The molecule has 0 aliphatic carbocycles. The molecular formula is C14H15FN4O2. The molecule has 0 atom stereocenters. The van der Waals surface area contributed by atoms with Crippen LogP contribution in [0.25, 0.3) is 16.5 Å². The van der Waals surface area contributed by atoms with Gasteiger partial charge in [-0.25, -0.2) is 9.18 Å². The average Bonchev–Trinajstić information content (AvgIpc) is 2.47. The number of nitrogens with two attached hydrogens (primary N) is 2. The number of hydrogen-bond acceptors (Lipinski definition) is 6. The highest BCUT2D eigenvalue weighted by Crippen LogP contribution is 2.19. The van der Waals surface area contributed by atoms with Crippen molar-refractivity contribution < 1.29 is 13.9 Å². The van der Waals surface area contributed by atoms with Gasteiger partial charge in [-0.2, -0.15) is 0 Å². The van der Waals surface area contributed by atoms with E-state index in [2.05, 4.69) is 10.4 Å². The van der Waals surface area contributed by atoms with Gasteiger partial charge < -0.3 is 15.9 Å². The lowest BCUT2D eigenvalue weighted by Gasteiger charge is -2.10. The molecule has 0 bridgehead atoms. The van der Waals surface area contributed by atoms with Gasteiger partial charge in [-0.05, 0) is 36.6 Å². The normalized spacial score (nSPS) is 12.0. The molecule has 0 unspecified atom stereocenters. The first-order valence-corrected chi connectivity index (χ1v) is 6.26. The summed E-state index contributed by atoms with van der Waals surface area (Å²) in [6.45, 7) is 1.85. The third kappa shape index (κ3) is 3.09. The fourth-order valence-corrected chi connectivity index (χ4v) is 1.84. The Balaban J connectivity index is 2.50. The van der Waals surface area contributed by atoms with Crippen molar-refractivity contribution in [2.24, 2.45) is 11.6 Å². The van der Waals surface area contributed by atoms with Gasteiger partial charge in [-0.15, -0.1) is 0 Å². The summed E-state index contributed by atoms with van der Waals surface area (Å²) in [6, 6.07) is 5.88. The zero-order chi connectivity index (χ0) is 15.4. The minimum absolute atomic E-state index is 0.0297. The van der Waals surface area contributed by atoms with Crippen molar-refractivity contribution in [2.75, 3.05) is 6.61 Å². The van der Waals surface area contributed by atoms with Crippen molar-refractivity contribution in [3.63, 3.8) is 0 Å². The van der Waals surface area contributed by atoms with Gasteiger partial charge in [0.15, 0.2) is 5.70 Å². The zero-order valence-corrected chi connectivity index (χ0v) is 11.4. The van der Waals surface area contributed by atoms with Gasteiger partial charge in [0.2, 0.25) is 0 Å². The van der Waals surface area contributed by atoms with Crippen LogP contribution in [0.3, 0.4) is 0 Å². The van der Waals surface area contributed by atoms with Crippen LogP contribution in [-0.4, -0.2) is 17.6 Å². The number of fused-ring (bicyclic) bond motifs is 1. The van der Waals surface area contributed by atoms with E-state index in [9.17, 15) is 9.18 Å². The Kier molecular flexibility index (Phi) is 4.34. The van der Waals surface area contributed by atoms with Crippen LogP contribution in [0.4, 0.5) is 4.39 Å². The summed E-state index contributed by atoms with van der Waals surface area (Å²) >= 11 is 0. The molecule has 0 saturated carbocycles. The summed E-state index contributed by atoms with van der Waals surface area (Å²) in [7, 11) is 0. The predicted molar refractivity (Wildman–Crippen MR) is 76.8 cm³/mol. The van der Waals surface area contributed by atoms with Crippen LogP contribution in [0.15, 0.2) is 36.2 Å². The molecule has 0 fully saturated rings. The number of ether oxygens (including phenoxy) is 1. The molecule has 2 rings (SSSR count). The summed E-state index contributed by atoms with van der Waals surface area (Å²) in [5, 5.41) is 1.37. The highest BCUT2D eigenvalue weighted by molar-refractivity contribution is 5.96. The topological polar surface area (TPSA) is 103 Å². The standard InChI is InChI=1S/C14H15FN4O2/c1-2-21-14(20)13(19-17)12(16)11-6-9-5-10(15)4-3-8(9)7-18-11/h3-7,19H,2,16-17H2,1H3/b13-12-. The Hall–Kier alpha value is -2.67. The van der Waals surface area contributed by atoms with Crippen molar-refractivity contribution in [1.82, 2.24) is 10.4 Å². The number of aromatic nitrogens is 1. The van der Waals surface area contributed by atoms with Gasteiger partial charge in [0.05, 0.1) is 18.0 Å². The van der Waals surface area contributed by atoms with Gasteiger partial charge in [0.1, 0.15) is 5.82 Å². The predicted octanol–water partition coefficient (Wildman–Crippen LogP) is 1.03. The fraction of sp³-hybridized carbons (Fsp3) is 0.143. The van der Waals surface area contributed by atoms with E-state index in [0.717, 1.165) is 5.39 Å². The van der Waals surface area contributed by atoms with Gasteiger partial charge in [-0.3, -0.25) is 10.8 Å². The van der Waals surface area contributed by atoms with Crippen LogP contribution in [0.2, 0.25) is 0 Å². The van der Waals surface area contributed by atoms with E-state index in [1.54, 1.807) is 19.1 Å². The average molecular weight is 290 g/mol. The number of nitrogens with one attached hydrogen (secondary N) is 1. The van der Waals surface area contributed by atoms with Gasteiger partial charge in [0, 0.05) is 11.6 Å². The van der Waals surface area contributed by atoms with Crippen LogP contribution in [0.1, 0.15) is 12.6 Å². The number of benzene rings is 1. The minimum Gasteiger partial charge on any atom is -0.461 e. The molecule has 6 nitrogen and oxygen atoms in total. The summed E-state index contributed by atoms with van der Waals surface area (Å²) in [6.07, 6.45) is 1.54. The summed E-state index contributed by atoms with van der Waals surface area (Å²) in [5.74, 6) is 4.25. The first-order valence-electron chi connectivity index (χ1n) is 6.26. The molecule has 0 spiro atoms. The Morgan fingerprint density at radius 2 is 2.14 bits per heavy atom. The Bertz CT molecular complexity index is 715. The number of rotatable bonds is 4. The van der Waals surface area contributed by atoms with Crippen LogP contribution < -0.4 is 17.0 Å². The molecule has 21 heavy (non-hydrogen) atoms. The molecule has 1 aromatic carbocycles. The Morgan fingerprint density at radius 1 is 1.38 bits per heavy atom. The van der Waals surface area contributed by atoms with Crippen molar-refractivity contribution in [3.8, 4) is 0 Å². The van der Waals surface area contributed by atoms with Crippen molar-refractivity contribution in [3.05, 3.63) is 47.7 Å². The maximum absolute atomic E-state index is 13.3. The molecule has 0 aliphatic heterocycles. The highest BCUT2D eigenvalue weighted by atomic mass is 19.1. The van der Waals surface area contributed by atoms with E-state index in [4.69, 9.17) is 16.3 Å². The van der Waals surface area contributed by atoms with Crippen molar-refractivity contribution >= 4 is 22.4 Å². The monoisotopic (exact) mass is 290 g/mol.